The number of aryl methyl sites for hydroxylation is 1. The largest absolute Gasteiger partial charge is 0.386 e. The lowest BCUT2D eigenvalue weighted by molar-refractivity contribution is 0.00370. The molecule has 0 unspecified atom stereocenters. The fraction of sp³-hybridized carbons (Fsp3) is 0.333. The highest BCUT2D eigenvalue weighted by molar-refractivity contribution is 7.87. The van der Waals surface area contributed by atoms with Crippen molar-refractivity contribution in [2.24, 2.45) is 5.41 Å². The van der Waals surface area contributed by atoms with Crippen LogP contribution in [-0.2, 0) is 16.7 Å². The van der Waals surface area contributed by atoms with E-state index in [0.717, 1.165) is 46.4 Å². The minimum Gasteiger partial charge on any atom is -0.386 e. The van der Waals surface area contributed by atoms with Gasteiger partial charge in [-0.3, -0.25) is 4.68 Å². The van der Waals surface area contributed by atoms with E-state index >= 15 is 0 Å². The second-order valence-electron chi connectivity index (χ2n) is 12.1. The Hall–Kier alpha value is -3.75. The summed E-state index contributed by atoms with van der Waals surface area (Å²) in [5.74, 6) is 0.546. The maximum atomic E-state index is 13.2. The molecule has 41 heavy (non-hydrogen) atoms. The van der Waals surface area contributed by atoms with E-state index in [-0.39, 0.29) is 22.1 Å². The summed E-state index contributed by atoms with van der Waals surface area (Å²) in [6.45, 7) is 8.73. The van der Waals surface area contributed by atoms with Gasteiger partial charge in [0.25, 0.3) is 0 Å². The van der Waals surface area contributed by atoms with E-state index in [9.17, 15) is 13.5 Å². The van der Waals surface area contributed by atoms with Gasteiger partial charge in [-0.25, -0.2) is 0 Å². The number of hydrogen-bond donors (Lipinski definition) is 1. The number of aliphatic hydroxyl groups is 1. The number of benzene rings is 3. The molecule has 0 radical (unpaired) electrons. The van der Waals surface area contributed by atoms with Crippen LogP contribution >= 0.6 is 0 Å². The van der Waals surface area contributed by atoms with E-state index in [1.165, 1.54) is 5.56 Å². The number of nitrogens with zero attached hydrogens (tertiary/aromatic N) is 3. The smallest absolute Gasteiger partial charge is 0.339 e. The molecule has 1 aromatic heterocycles. The van der Waals surface area contributed by atoms with E-state index < -0.39 is 15.7 Å². The third-order valence-electron chi connectivity index (χ3n) is 9.77. The van der Waals surface area contributed by atoms with Crippen LogP contribution in [0.3, 0.4) is 0 Å². The zero-order chi connectivity index (χ0) is 28.6. The zero-order valence-electron chi connectivity index (χ0n) is 23.2. The van der Waals surface area contributed by atoms with Crippen LogP contribution in [0.2, 0.25) is 0 Å². The second kappa shape index (κ2) is 9.13. The van der Waals surface area contributed by atoms with Crippen molar-refractivity contribution in [2.45, 2.75) is 68.4 Å². The van der Waals surface area contributed by atoms with E-state index in [0.29, 0.717) is 25.1 Å². The molecule has 0 amide bonds. The summed E-state index contributed by atoms with van der Waals surface area (Å²) >= 11 is 0. The van der Waals surface area contributed by atoms with Gasteiger partial charge in [0.05, 0.1) is 18.3 Å². The molecule has 1 spiro atoms. The number of hydrogen-bond acceptors (Lipinski definition) is 6. The van der Waals surface area contributed by atoms with Crippen LogP contribution in [0.5, 0.6) is 5.75 Å². The van der Waals surface area contributed by atoms with Crippen LogP contribution < -0.4 is 4.18 Å². The van der Waals surface area contributed by atoms with Gasteiger partial charge in [-0.1, -0.05) is 65.9 Å². The molecule has 7 nitrogen and oxygen atoms in total. The molecule has 1 N–H and O–H groups in total. The van der Waals surface area contributed by atoms with Crippen LogP contribution in [-0.4, -0.2) is 34.1 Å². The molecule has 3 aromatic carbocycles. The third kappa shape index (κ3) is 4.07. The molecular weight excluding hydrogens is 534 g/mol. The van der Waals surface area contributed by atoms with E-state index in [1.807, 2.05) is 61.1 Å². The van der Waals surface area contributed by atoms with E-state index in [2.05, 4.69) is 16.9 Å². The minimum atomic E-state index is -4.01. The van der Waals surface area contributed by atoms with Crippen molar-refractivity contribution in [3.8, 4) is 17.0 Å². The van der Waals surface area contributed by atoms with Gasteiger partial charge in [-0.05, 0) is 91.3 Å². The Morgan fingerprint density at radius 3 is 2.59 bits per heavy atom. The van der Waals surface area contributed by atoms with Crippen LogP contribution in [0.4, 0.5) is 0 Å². The molecule has 8 heteroatoms. The maximum Gasteiger partial charge on any atom is 0.339 e. The van der Waals surface area contributed by atoms with Gasteiger partial charge in [0.15, 0.2) is 0 Å². The molecular formula is C33H33N3O4S. The Balaban J connectivity index is 1.31. The van der Waals surface area contributed by atoms with Gasteiger partial charge in [-0.2, -0.15) is 8.42 Å². The molecule has 210 valence electrons. The fourth-order valence-electron chi connectivity index (χ4n) is 7.76. The molecule has 0 aliphatic heterocycles. The van der Waals surface area contributed by atoms with E-state index in [1.54, 1.807) is 30.3 Å². The molecule has 4 aromatic rings. The highest BCUT2D eigenvalue weighted by Gasteiger charge is 2.64. The monoisotopic (exact) mass is 567 g/mol. The average Bonchev–Trinajstić information content (AvgIpc) is 3.58. The van der Waals surface area contributed by atoms with Crippen LogP contribution in [0.15, 0.2) is 90.0 Å². The predicted molar refractivity (Wildman–Crippen MR) is 156 cm³/mol. The van der Waals surface area contributed by atoms with Crippen LogP contribution in [0, 0.1) is 19.3 Å². The highest BCUT2D eigenvalue weighted by Crippen LogP contribution is 2.72. The molecule has 7 rings (SSSR count). The minimum absolute atomic E-state index is 0.0236. The summed E-state index contributed by atoms with van der Waals surface area (Å²) in [7, 11) is -4.01. The normalized spacial score (nSPS) is 26.6. The lowest BCUT2D eigenvalue weighted by atomic mass is 9.63. The summed E-state index contributed by atoms with van der Waals surface area (Å²) in [5, 5.41) is 20.5. The summed E-state index contributed by atoms with van der Waals surface area (Å²) < 4.78 is 34.2. The first-order chi connectivity index (χ1) is 19.6. The quantitative estimate of drug-likeness (QED) is 0.224. The molecule has 2 bridgehead atoms. The van der Waals surface area contributed by atoms with Gasteiger partial charge in [0.2, 0.25) is 0 Å². The topological polar surface area (TPSA) is 94.3 Å². The molecule has 3 aliphatic rings. The van der Waals surface area contributed by atoms with Gasteiger partial charge >= 0.3 is 10.1 Å². The summed E-state index contributed by atoms with van der Waals surface area (Å²) in [5.41, 5.74) is 5.71. The summed E-state index contributed by atoms with van der Waals surface area (Å²) in [6, 6.07) is 20.5. The number of fused-ring (bicyclic) bond motifs is 3. The first-order valence-electron chi connectivity index (χ1n) is 14.1. The Labute approximate surface area is 240 Å². The Morgan fingerprint density at radius 1 is 1.07 bits per heavy atom. The van der Waals surface area contributed by atoms with Crippen molar-refractivity contribution in [1.29, 1.82) is 0 Å². The fourth-order valence-corrected chi connectivity index (χ4v) is 8.75. The molecule has 2 fully saturated rings. The summed E-state index contributed by atoms with van der Waals surface area (Å²) in [6.07, 6.45) is 4.87. The Morgan fingerprint density at radius 2 is 1.83 bits per heavy atom. The Bertz CT molecular complexity index is 1780. The molecule has 3 aliphatic carbocycles. The average molecular weight is 568 g/mol. The van der Waals surface area contributed by atoms with Gasteiger partial charge < -0.3 is 9.29 Å². The summed E-state index contributed by atoms with van der Waals surface area (Å²) in [4.78, 5) is 0.125. The second-order valence-corrected chi connectivity index (χ2v) is 13.6. The first kappa shape index (κ1) is 26.2. The predicted octanol–water partition coefficient (Wildman–Crippen LogP) is 6.07. The first-order valence-corrected chi connectivity index (χ1v) is 15.5. The lowest BCUT2D eigenvalue weighted by Gasteiger charge is -2.42. The standard InChI is InChI=1S/C33H33N3O4S/c1-21-9-11-25(12-10-21)41(38,39)40-30-14-13-26-27-15-16-33(37)20-32(27,17-22(33)2)28(31(26)23(30)3)18-36-19-29(34-35-36)24-7-5-4-6-8-24/h4-14,19,27-28,37H,2,15-18,20H2,1,3H3/t27-,28-,32-,33-/m0/s1. The highest BCUT2D eigenvalue weighted by atomic mass is 32.2. The van der Waals surface area contributed by atoms with Gasteiger partial charge in [-0.15, -0.1) is 5.10 Å². The van der Waals surface area contributed by atoms with Crippen molar-refractivity contribution < 1.29 is 17.7 Å². The molecule has 1 heterocycles. The van der Waals surface area contributed by atoms with Crippen LogP contribution in [0.25, 0.3) is 11.3 Å². The van der Waals surface area contributed by atoms with Gasteiger partial charge in [0, 0.05) is 11.5 Å². The van der Waals surface area contributed by atoms with E-state index in [4.69, 9.17) is 4.18 Å². The van der Waals surface area contributed by atoms with Crippen molar-refractivity contribution in [3.63, 3.8) is 0 Å². The molecule has 4 atom stereocenters. The van der Waals surface area contributed by atoms with Crippen LogP contribution in [0.1, 0.15) is 59.8 Å². The van der Waals surface area contributed by atoms with Crippen molar-refractivity contribution in [1.82, 2.24) is 15.0 Å². The van der Waals surface area contributed by atoms with Crippen molar-refractivity contribution in [2.75, 3.05) is 0 Å². The zero-order valence-corrected chi connectivity index (χ0v) is 24.1. The Kier molecular flexibility index (Phi) is 5.83. The third-order valence-corrected chi connectivity index (χ3v) is 11.0. The van der Waals surface area contributed by atoms with Gasteiger partial charge in [0.1, 0.15) is 16.3 Å². The molecule has 2 saturated carbocycles. The number of aromatic nitrogens is 3. The van der Waals surface area contributed by atoms with Crippen molar-refractivity contribution in [3.05, 3.63) is 107 Å². The SMILES string of the molecule is C=C1C[C@]23C[C@@]1(O)CC[C@H]2c1ccc(OS(=O)(=O)c2ccc(C)cc2)c(C)c1[C@@H]3Cn1cc(-c2ccccc2)nn1. The number of rotatable bonds is 6. The lowest BCUT2D eigenvalue weighted by Crippen LogP contribution is -2.39. The van der Waals surface area contributed by atoms with Crippen molar-refractivity contribution >= 4 is 10.1 Å². The maximum absolute atomic E-state index is 13.2. The molecule has 0 saturated heterocycles.